The van der Waals surface area contributed by atoms with E-state index in [1.807, 2.05) is 0 Å². The van der Waals surface area contributed by atoms with Crippen LogP contribution in [0.1, 0.15) is 436 Å². The van der Waals surface area contributed by atoms with Crippen molar-refractivity contribution in [3.05, 3.63) is 58.7 Å². The fourth-order valence-corrected chi connectivity index (χ4v) is 13.0. The summed E-state index contributed by atoms with van der Waals surface area (Å²) in [6, 6.07) is 13.9. The number of unbranched alkanes of at least 4 members (excludes halogenated alkanes) is 52. The molecule has 0 amide bonds. The molecule has 2 rings (SSSR count). The van der Waals surface area contributed by atoms with Gasteiger partial charge in [0.05, 0.1) is 11.4 Å². The van der Waals surface area contributed by atoms with Crippen LogP contribution < -0.4 is 0 Å². The second kappa shape index (κ2) is 66.8. The van der Waals surface area contributed by atoms with Crippen molar-refractivity contribution in [2.45, 2.75) is 440 Å². The minimum absolute atomic E-state index is 0. The van der Waals surface area contributed by atoms with Gasteiger partial charge >= 0.3 is 0 Å². The van der Waals surface area contributed by atoms with E-state index in [0.29, 0.717) is 0 Å². The molecule has 0 bridgehead atoms. The van der Waals surface area contributed by atoms with Crippen LogP contribution in [0.5, 0.6) is 0 Å². The van der Waals surface area contributed by atoms with E-state index in [1.54, 1.807) is 0 Å². The average molecular weight is 1270 g/mol. The third-order valence-corrected chi connectivity index (χ3v) is 19.0. The predicted molar refractivity (Wildman–Crippen MR) is 399 cm³/mol. The van der Waals surface area contributed by atoms with E-state index in [2.05, 4.69) is 102 Å². The molecule has 0 aliphatic rings. The van der Waals surface area contributed by atoms with Crippen LogP contribution in [-0.2, 0) is 42.2 Å². The molecule has 0 aliphatic carbocycles. The number of benzene rings is 2. The smallest absolute Gasteiger partial charge is 0.148 e. The molecule has 89 heavy (non-hydrogen) atoms. The van der Waals surface area contributed by atoms with Crippen molar-refractivity contribution in [1.29, 1.82) is 0 Å². The Hall–Kier alpha value is -2.61. The molecule has 2 nitrogen and oxygen atoms in total. The summed E-state index contributed by atoms with van der Waals surface area (Å²) < 4.78 is 0. The molecule has 0 heterocycles. The van der Waals surface area contributed by atoms with Gasteiger partial charge in [0.15, 0.2) is 0 Å². The van der Waals surface area contributed by atoms with E-state index < -0.39 is 0 Å². The van der Waals surface area contributed by atoms with Crippen molar-refractivity contribution in [2.24, 2.45) is 9.98 Å². The Kier molecular flexibility index (Phi) is 63.4. The summed E-state index contributed by atoms with van der Waals surface area (Å²) in [4.78, 5) is 10.9. The standard InChI is InChI=1S/C86H148N2.Ni/c1-7-13-19-21-23-25-27-29-31-33-35-37-39-41-42-43-44-46-48-50-52-54-56-58-60-62-64-66-72-86(88-84-76-74-80(68-16-10-4)82(78-84)70-18-12-6)85(87-83-75-73-79(67-15-9-3)81(77-83)69-17-11-5)71-65-63-61-59-57-55-53-51-49-47-45-40-38-36-34-32-30-28-26-24-22-20-14-8-2;/h73-78H,7-64,67-70H2,1-6H3;. The summed E-state index contributed by atoms with van der Waals surface area (Å²) in [5.74, 6) is 14.6. The monoisotopic (exact) mass is 1270 g/mol. The van der Waals surface area contributed by atoms with Gasteiger partial charge in [-0.15, -0.1) is 0 Å². The Labute approximate surface area is 567 Å². The third-order valence-electron chi connectivity index (χ3n) is 19.0. The van der Waals surface area contributed by atoms with Gasteiger partial charge < -0.3 is 0 Å². The van der Waals surface area contributed by atoms with Crippen LogP contribution in [0.15, 0.2) is 46.4 Å². The SMILES string of the molecule is CCCCCCCCCCCCCCCCCCCCCCCCC#CC(=Nc1ccc(CCCC)c(CCCC)c1)C(C#CCCCCCCCCCCCCCCCCCCCCCCCCCCCC)=Nc1ccc(CCCC)c(CCCC)c1.[Ni]. The van der Waals surface area contributed by atoms with E-state index >= 15 is 0 Å². The van der Waals surface area contributed by atoms with Crippen molar-refractivity contribution >= 4 is 22.8 Å². The Morgan fingerprint density at radius 2 is 0.427 bits per heavy atom. The summed E-state index contributed by atoms with van der Waals surface area (Å²) in [6.45, 7) is 13.8. The zero-order valence-corrected chi connectivity index (χ0v) is 61.5. The molecule has 0 N–H and O–H groups in total. The number of aryl methyl sites for hydroxylation is 4. The minimum atomic E-state index is 0. The van der Waals surface area contributed by atoms with Crippen LogP contribution >= 0.6 is 0 Å². The molecular formula is C86H148N2Ni. The zero-order valence-electron chi connectivity index (χ0n) is 60.5. The van der Waals surface area contributed by atoms with E-state index in [9.17, 15) is 0 Å². The van der Waals surface area contributed by atoms with Gasteiger partial charge in [0.2, 0.25) is 0 Å². The molecule has 0 saturated heterocycles. The van der Waals surface area contributed by atoms with Crippen molar-refractivity contribution in [3.8, 4) is 23.7 Å². The van der Waals surface area contributed by atoms with Gasteiger partial charge in [-0.05, 0) is 123 Å². The van der Waals surface area contributed by atoms with Crippen molar-refractivity contribution in [2.75, 3.05) is 0 Å². The molecule has 512 valence electrons. The van der Waals surface area contributed by atoms with Crippen molar-refractivity contribution in [3.63, 3.8) is 0 Å². The average Bonchev–Trinajstić information content (AvgIpc) is 2.51. The summed E-state index contributed by atoms with van der Waals surface area (Å²) in [7, 11) is 0. The van der Waals surface area contributed by atoms with Gasteiger partial charge in [0.25, 0.3) is 0 Å². The van der Waals surface area contributed by atoms with E-state index in [1.165, 1.54) is 369 Å². The maximum absolute atomic E-state index is 5.43. The van der Waals surface area contributed by atoms with Gasteiger partial charge in [0, 0.05) is 29.3 Å². The number of nitrogens with zero attached hydrogens (tertiary/aromatic N) is 2. The predicted octanol–water partition coefficient (Wildman–Crippen LogP) is 29.5. The molecule has 0 spiro atoms. The Morgan fingerprint density at radius 3 is 0.640 bits per heavy atom. The molecule has 0 saturated carbocycles. The van der Waals surface area contributed by atoms with Crippen LogP contribution in [0.3, 0.4) is 0 Å². The molecule has 2 aromatic rings. The summed E-state index contributed by atoms with van der Waals surface area (Å²) >= 11 is 0. The number of hydrogen-bond acceptors (Lipinski definition) is 2. The summed E-state index contributed by atoms with van der Waals surface area (Å²) in [6.07, 6.45) is 83.8. The maximum Gasteiger partial charge on any atom is 0.148 e. The normalized spacial score (nSPS) is 11.7. The largest absolute Gasteiger partial charge is 0.237 e. The van der Waals surface area contributed by atoms with Crippen molar-refractivity contribution < 1.29 is 16.5 Å². The second-order valence-electron chi connectivity index (χ2n) is 27.6. The number of rotatable bonds is 63. The zero-order chi connectivity index (χ0) is 62.9. The Bertz CT molecular complexity index is 2040. The maximum atomic E-state index is 5.43. The number of aliphatic imine (C=N–C) groups is 2. The molecule has 0 aromatic heterocycles. The first-order valence-corrected chi connectivity index (χ1v) is 40.0. The first-order chi connectivity index (χ1) is 43.6. The molecule has 0 unspecified atom stereocenters. The van der Waals surface area contributed by atoms with E-state index in [4.69, 9.17) is 9.98 Å². The van der Waals surface area contributed by atoms with Crippen LogP contribution in [0.2, 0.25) is 0 Å². The molecule has 0 atom stereocenters. The quantitative estimate of drug-likeness (QED) is 0.0273. The minimum Gasteiger partial charge on any atom is -0.237 e. The first kappa shape index (κ1) is 84.4. The molecular weight excluding hydrogens is 1120 g/mol. The molecule has 3 heteroatoms. The van der Waals surface area contributed by atoms with Crippen LogP contribution in [0.4, 0.5) is 11.4 Å². The Morgan fingerprint density at radius 1 is 0.236 bits per heavy atom. The van der Waals surface area contributed by atoms with Gasteiger partial charge in [-0.2, -0.15) is 0 Å². The summed E-state index contributed by atoms with van der Waals surface area (Å²) in [5.41, 5.74) is 9.33. The fraction of sp³-hybridized carbons (Fsp3) is 0.791. The van der Waals surface area contributed by atoms with Crippen LogP contribution in [0.25, 0.3) is 0 Å². The Balaban J connectivity index is 0.0000396. The molecule has 0 radical (unpaired) electrons. The summed E-state index contributed by atoms with van der Waals surface area (Å²) in [5, 5.41) is 0. The van der Waals surface area contributed by atoms with Gasteiger partial charge in [-0.3, -0.25) is 0 Å². The topological polar surface area (TPSA) is 24.7 Å². The third kappa shape index (κ3) is 51.5. The van der Waals surface area contributed by atoms with Gasteiger partial charge in [-0.1, -0.05) is 387 Å². The fourth-order valence-electron chi connectivity index (χ4n) is 13.0. The molecule has 0 aliphatic heterocycles. The van der Waals surface area contributed by atoms with Gasteiger partial charge in [-0.25, -0.2) is 9.98 Å². The number of hydrogen-bond donors (Lipinski definition) is 0. The molecule has 0 fully saturated rings. The second-order valence-corrected chi connectivity index (χ2v) is 27.6. The molecule has 2 aromatic carbocycles. The first-order valence-electron chi connectivity index (χ1n) is 40.0. The van der Waals surface area contributed by atoms with Crippen molar-refractivity contribution in [1.82, 2.24) is 0 Å². The van der Waals surface area contributed by atoms with Gasteiger partial charge in [0.1, 0.15) is 11.4 Å². The van der Waals surface area contributed by atoms with E-state index in [0.717, 1.165) is 74.2 Å². The van der Waals surface area contributed by atoms with Crippen LogP contribution in [0, 0.1) is 23.7 Å². The van der Waals surface area contributed by atoms with Crippen LogP contribution in [-0.4, -0.2) is 11.4 Å². The van der Waals surface area contributed by atoms with E-state index in [-0.39, 0.29) is 16.5 Å².